The molecule has 0 bridgehead atoms. The maximum Gasteiger partial charge on any atom is 0.407 e. The second-order valence-electron chi connectivity index (χ2n) is 6.41. The number of aliphatic hydroxyl groups is 1. The molecule has 122 valence electrons. The Labute approximate surface area is 128 Å². The van der Waals surface area contributed by atoms with E-state index in [1.54, 1.807) is 20.8 Å². The Balaban J connectivity index is 2.01. The number of aromatic nitrogens is 2. The highest BCUT2D eigenvalue weighted by molar-refractivity contribution is 5.85. The Morgan fingerprint density at radius 3 is 2.59 bits per heavy atom. The zero-order valence-electron chi connectivity index (χ0n) is 12.9. The van der Waals surface area contributed by atoms with Crippen molar-refractivity contribution in [3.8, 4) is 0 Å². The minimum Gasteiger partial charge on any atom is -0.477 e. The van der Waals surface area contributed by atoms with Crippen molar-refractivity contribution in [3.05, 3.63) is 17.5 Å². The maximum atomic E-state index is 11.6. The summed E-state index contributed by atoms with van der Waals surface area (Å²) >= 11 is 0. The molecule has 1 aromatic heterocycles. The van der Waals surface area contributed by atoms with Crippen LogP contribution in [0.2, 0.25) is 0 Å². The number of hydrogen-bond donors (Lipinski definition) is 3. The molecular formula is C14H21N3O5. The lowest BCUT2D eigenvalue weighted by Gasteiger charge is -2.32. The van der Waals surface area contributed by atoms with Gasteiger partial charge in [0.15, 0.2) is 0 Å². The minimum atomic E-state index is -1.09. The summed E-state index contributed by atoms with van der Waals surface area (Å²) in [4.78, 5) is 22.8. The Kier molecular flexibility index (Phi) is 4.41. The number of aliphatic hydroxyl groups excluding tert-OH is 1. The molecular weight excluding hydrogens is 290 g/mol. The van der Waals surface area contributed by atoms with Crippen LogP contribution in [0.5, 0.6) is 0 Å². The fourth-order valence-corrected chi connectivity index (χ4v) is 2.21. The molecule has 8 heteroatoms. The third-order valence-electron chi connectivity index (χ3n) is 3.25. The van der Waals surface area contributed by atoms with E-state index in [1.807, 2.05) is 0 Å². The number of carbonyl (C=O) groups excluding carboxylic acids is 1. The lowest BCUT2D eigenvalue weighted by atomic mass is 9.89. The molecule has 0 radical (unpaired) electrons. The third-order valence-corrected chi connectivity index (χ3v) is 3.25. The number of carbonyl (C=O) groups is 2. The van der Waals surface area contributed by atoms with Gasteiger partial charge in [-0.2, -0.15) is 5.10 Å². The Morgan fingerprint density at radius 2 is 2.09 bits per heavy atom. The van der Waals surface area contributed by atoms with Crippen molar-refractivity contribution >= 4 is 12.1 Å². The highest BCUT2D eigenvalue weighted by Gasteiger charge is 2.32. The van der Waals surface area contributed by atoms with Crippen LogP contribution in [0.4, 0.5) is 4.79 Å². The number of carboxylic acids is 1. The normalized spacial score (nSPS) is 21.1. The van der Waals surface area contributed by atoms with Crippen molar-refractivity contribution in [2.75, 3.05) is 0 Å². The molecule has 1 fully saturated rings. The highest BCUT2D eigenvalue weighted by atomic mass is 16.6. The smallest absolute Gasteiger partial charge is 0.407 e. The van der Waals surface area contributed by atoms with Crippen LogP contribution in [-0.2, 0) is 11.3 Å². The fraction of sp³-hybridized carbons (Fsp3) is 0.643. The van der Waals surface area contributed by atoms with E-state index in [9.17, 15) is 19.8 Å². The molecule has 1 aliphatic carbocycles. The number of rotatable bonds is 4. The SMILES string of the molecule is CC(C)(C)OC(=O)NCc1cc(C(=O)O)n([C@H]2C[C@H](O)C2)n1. The van der Waals surface area contributed by atoms with E-state index >= 15 is 0 Å². The largest absolute Gasteiger partial charge is 0.477 e. The zero-order chi connectivity index (χ0) is 16.5. The molecule has 1 aliphatic rings. The Morgan fingerprint density at radius 1 is 1.45 bits per heavy atom. The van der Waals surface area contributed by atoms with E-state index in [0.29, 0.717) is 18.5 Å². The van der Waals surface area contributed by atoms with E-state index in [0.717, 1.165) is 0 Å². The van der Waals surface area contributed by atoms with E-state index in [-0.39, 0.29) is 18.3 Å². The van der Waals surface area contributed by atoms with Crippen LogP contribution in [0.1, 0.15) is 55.8 Å². The van der Waals surface area contributed by atoms with Crippen molar-refractivity contribution in [3.63, 3.8) is 0 Å². The van der Waals surface area contributed by atoms with Gasteiger partial charge in [-0.15, -0.1) is 0 Å². The van der Waals surface area contributed by atoms with Gasteiger partial charge in [-0.25, -0.2) is 9.59 Å². The summed E-state index contributed by atoms with van der Waals surface area (Å²) < 4.78 is 6.51. The molecule has 2 rings (SSSR count). The van der Waals surface area contributed by atoms with E-state index in [1.165, 1.54) is 10.7 Å². The van der Waals surface area contributed by atoms with Gasteiger partial charge in [0, 0.05) is 0 Å². The molecule has 0 aromatic carbocycles. The van der Waals surface area contributed by atoms with Gasteiger partial charge in [0.2, 0.25) is 0 Å². The number of carboxylic acid groups (broad SMARTS) is 1. The predicted octanol–water partition coefficient (Wildman–Crippen LogP) is 1.30. The van der Waals surface area contributed by atoms with Gasteiger partial charge in [0.1, 0.15) is 11.3 Å². The van der Waals surface area contributed by atoms with Gasteiger partial charge in [0.25, 0.3) is 0 Å². The molecule has 1 saturated carbocycles. The highest BCUT2D eigenvalue weighted by Crippen LogP contribution is 2.32. The molecule has 1 aromatic rings. The predicted molar refractivity (Wildman–Crippen MR) is 76.5 cm³/mol. The quantitative estimate of drug-likeness (QED) is 0.772. The molecule has 0 unspecified atom stereocenters. The van der Waals surface area contributed by atoms with E-state index < -0.39 is 23.8 Å². The first-order valence-corrected chi connectivity index (χ1v) is 7.12. The third kappa shape index (κ3) is 3.97. The molecule has 1 heterocycles. The fourth-order valence-electron chi connectivity index (χ4n) is 2.21. The van der Waals surface area contributed by atoms with Crippen molar-refractivity contribution in [2.45, 2.75) is 57.9 Å². The Hall–Kier alpha value is -2.09. The maximum absolute atomic E-state index is 11.6. The van der Waals surface area contributed by atoms with Crippen molar-refractivity contribution in [1.82, 2.24) is 15.1 Å². The van der Waals surface area contributed by atoms with Crippen LogP contribution < -0.4 is 5.32 Å². The summed E-state index contributed by atoms with van der Waals surface area (Å²) in [5, 5.41) is 25.3. The van der Waals surface area contributed by atoms with Gasteiger partial charge in [-0.1, -0.05) is 0 Å². The number of nitrogens with zero attached hydrogens (tertiary/aromatic N) is 2. The summed E-state index contributed by atoms with van der Waals surface area (Å²) in [6, 6.07) is 1.31. The number of hydrogen-bond acceptors (Lipinski definition) is 5. The van der Waals surface area contributed by atoms with Crippen LogP contribution in [0.25, 0.3) is 0 Å². The number of ether oxygens (including phenoxy) is 1. The van der Waals surface area contributed by atoms with Crippen LogP contribution >= 0.6 is 0 Å². The second-order valence-corrected chi connectivity index (χ2v) is 6.41. The summed E-state index contributed by atoms with van der Waals surface area (Å²) in [5.74, 6) is -1.09. The number of nitrogens with one attached hydrogen (secondary N) is 1. The van der Waals surface area contributed by atoms with Gasteiger partial charge >= 0.3 is 12.1 Å². The standard InChI is InChI=1S/C14H21N3O5/c1-14(2,3)22-13(21)15-7-8-4-11(12(19)20)17(16-8)9-5-10(18)6-9/h4,9-10,18H,5-7H2,1-3H3,(H,15,21)(H,19,20)/t9-,10-. The molecule has 0 saturated heterocycles. The Bertz CT molecular complexity index is 570. The first-order valence-electron chi connectivity index (χ1n) is 7.12. The summed E-state index contributed by atoms with van der Waals surface area (Å²) in [6.45, 7) is 5.35. The van der Waals surface area contributed by atoms with Crippen molar-refractivity contribution in [1.29, 1.82) is 0 Å². The first kappa shape index (κ1) is 16.3. The van der Waals surface area contributed by atoms with Crippen LogP contribution in [0.3, 0.4) is 0 Å². The average Bonchev–Trinajstić information content (AvgIpc) is 2.74. The van der Waals surface area contributed by atoms with E-state index in [2.05, 4.69) is 10.4 Å². The topological polar surface area (TPSA) is 114 Å². The molecule has 1 amide bonds. The molecule has 3 N–H and O–H groups in total. The second kappa shape index (κ2) is 5.96. The van der Waals surface area contributed by atoms with Gasteiger partial charge in [-0.05, 0) is 39.7 Å². The first-order chi connectivity index (χ1) is 10.2. The summed E-state index contributed by atoms with van der Waals surface area (Å²) in [5.41, 5.74) is -0.111. The summed E-state index contributed by atoms with van der Waals surface area (Å²) in [6.07, 6.45) is -0.0147. The van der Waals surface area contributed by atoms with Gasteiger partial charge in [0.05, 0.1) is 24.4 Å². The average molecular weight is 311 g/mol. The van der Waals surface area contributed by atoms with Gasteiger partial charge in [-0.3, -0.25) is 4.68 Å². The molecule has 22 heavy (non-hydrogen) atoms. The van der Waals surface area contributed by atoms with Crippen LogP contribution in [0.15, 0.2) is 6.07 Å². The van der Waals surface area contributed by atoms with Gasteiger partial charge < -0.3 is 20.3 Å². The molecule has 8 nitrogen and oxygen atoms in total. The monoisotopic (exact) mass is 311 g/mol. The van der Waals surface area contributed by atoms with Crippen LogP contribution in [0, 0.1) is 0 Å². The summed E-state index contributed by atoms with van der Waals surface area (Å²) in [7, 11) is 0. The van der Waals surface area contributed by atoms with Crippen LogP contribution in [-0.4, -0.2) is 43.8 Å². The van der Waals surface area contributed by atoms with Crippen molar-refractivity contribution < 1.29 is 24.5 Å². The van der Waals surface area contributed by atoms with E-state index in [4.69, 9.17) is 4.74 Å². The number of aromatic carboxylic acids is 1. The molecule has 0 spiro atoms. The minimum absolute atomic E-state index is 0.0536. The lowest BCUT2D eigenvalue weighted by Crippen LogP contribution is -2.33. The number of alkyl carbamates (subject to hydrolysis) is 1. The molecule has 0 aliphatic heterocycles. The van der Waals surface area contributed by atoms with Crippen molar-refractivity contribution in [2.24, 2.45) is 0 Å². The number of amides is 1. The molecule has 0 atom stereocenters. The lowest BCUT2D eigenvalue weighted by molar-refractivity contribution is 0.0388. The zero-order valence-corrected chi connectivity index (χ0v) is 12.9.